The first-order valence-corrected chi connectivity index (χ1v) is 6.41. The van der Waals surface area contributed by atoms with Crippen molar-refractivity contribution in [1.82, 2.24) is 4.98 Å². The van der Waals surface area contributed by atoms with Crippen molar-refractivity contribution in [3.8, 4) is 5.75 Å². The van der Waals surface area contributed by atoms with E-state index in [0.29, 0.717) is 22.3 Å². The molecule has 1 aromatic carbocycles. The van der Waals surface area contributed by atoms with Gasteiger partial charge in [0.2, 0.25) is 5.91 Å². The smallest absolute Gasteiger partial charge is 0.227 e. The van der Waals surface area contributed by atoms with E-state index in [1.54, 1.807) is 36.4 Å². The molecular weight excluding hydrogens is 278 g/mol. The summed E-state index contributed by atoms with van der Waals surface area (Å²) in [6.45, 7) is 0.274. The quantitative estimate of drug-likeness (QED) is 0.656. The monoisotopic (exact) mass is 291 g/mol. The number of amides is 1. The molecule has 5 nitrogen and oxygen atoms in total. The lowest BCUT2D eigenvalue weighted by atomic mass is 10.3. The van der Waals surface area contributed by atoms with Gasteiger partial charge in [0, 0.05) is 11.8 Å². The van der Waals surface area contributed by atoms with Crippen LogP contribution in [0.3, 0.4) is 0 Å². The third-order valence-corrected chi connectivity index (χ3v) is 2.69. The number of carbonyl (C=O) groups excluding carboxylic acids is 1. The van der Waals surface area contributed by atoms with Crippen LogP contribution in [-0.4, -0.2) is 17.5 Å². The van der Waals surface area contributed by atoms with E-state index in [9.17, 15) is 4.79 Å². The Labute approximate surface area is 121 Å². The Balaban J connectivity index is 1.76. The summed E-state index contributed by atoms with van der Waals surface area (Å²) in [5.41, 5.74) is 6.85. The van der Waals surface area contributed by atoms with E-state index in [0.717, 1.165) is 0 Å². The van der Waals surface area contributed by atoms with E-state index in [-0.39, 0.29) is 18.9 Å². The van der Waals surface area contributed by atoms with E-state index in [4.69, 9.17) is 22.1 Å². The molecule has 0 unspecified atom stereocenters. The molecule has 3 N–H and O–H groups in total. The Morgan fingerprint density at radius 2 is 2.20 bits per heavy atom. The zero-order chi connectivity index (χ0) is 14.4. The fourth-order valence-electron chi connectivity index (χ4n) is 1.54. The first-order chi connectivity index (χ1) is 9.63. The normalized spacial score (nSPS) is 10.1. The molecule has 0 fully saturated rings. The molecule has 0 aliphatic rings. The molecule has 0 saturated carbocycles. The second-order valence-electron chi connectivity index (χ2n) is 4.09. The largest absolute Gasteiger partial charge is 0.493 e. The summed E-state index contributed by atoms with van der Waals surface area (Å²) < 4.78 is 5.44. The van der Waals surface area contributed by atoms with Crippen molar-refractivity contribution in [1.29, 1.82) is 0 Å². The highest BCUT2D eigenvalue weighted by Gasteiger charge is 2.03. The van der Waals surface area contributed by atoms with Crippen LogP contribution in [0.1, 0.15) is 6.42 Å². The second-order valence-corrected chi connectivity index (χ2v) is 4.48. The van der Waals surface area contributed by atoms with E-state index in [1.165, 1.54) is 6.20 Å². The van der Waals surface area contributed by atoms with Crippen molar-refractivity contribution in [2.45, 2.75) is 6.42 Å². The maximum atomic E-state index is 11.7. The predicted molar refractivity (Wildman–Crippen MR) is 78.8 cm³/mol. The molecule has 0 aliphatic carbocycles. The van der Waals surface area contributed by atoms with Crippen LogP contribution in [0.15, 0.2) is 42.6 Å². The van der Waals surface area contributed by atoms with Crippen LogP contribution >= 0.6 is 11.6 Å². The number of ether oxygens (including phenoxy) is 1. The molecule has 1 heterocycles. The summed E-state index contributed by atoms with van der Waals surface area (Å²) in [5, 5.41) is 3.08. The van der Waals surface area contributed by atoms with Crippen LogP contribution in [0.4, 0.5) is 11.4 Å². The zero-order valence-electron chi connectivity index (χ0n) is 10.7. The Bertz CT molecular complexity index is 587. The molecule has 1 amide bonds. The molecule has 0 bridgehead atoms. The number of rotatable bonds is 5. The molecule has 0 saturated heterocycles. The molecule has 0 spiro atoms. The Morgan fingerprint density at radius 1 is 1.35 bits per heavy atom. The van der Waals surface area contributed by atoms with Crippen LogP contribution in [0.25, 0.3) is 0 Å². The third-order valence-electron chi connectivity index (χ3n) is 2.47. The van der Waals surface area contributed by atoms with Crippen molar-refractivity contribution in [2.24, 2.45) is 0 Å². The lowest BCUT2D eigenvalue weighted by Crippen LogP contribution is -2.15. The van der Waals surface area contributed by atoms with E-state index in [2.05, 4.69) is 10.3 Å². The van der Waals surface area contributed by atoms with Gasteiger partial charge in [0.1, 0.15) is 10.9 Å². The van der Waals surface area contributed by atoms with Crippen molar-refractivity contribution in [3.05, 3.63) is 47.7 Å². The first kappa shape index (κ1) is 14.1. The summed E-state index contributed by atoms with van der Waals surface area (Å²) in [6.07, 6.45) is 1.73. The maximum Gasteiger partial charge on any atom is 0.227 e. The SMILES string of the molecule is Nc1cccc(OCCC(=O)Nc2ccc(Cl)nc2)c1. The Kier molecular flexibility index (Phi) is 4.79. The van der Waals surface area contributed by atoms with Gasteiger partial charge in [-0.05, 0) is 24.3 Å². The number of nitrogen functional groups attached to an aromatic ring is 1. The summed E-state index contributed by atoms with van der Waals surface area (Å²) >= 11 is 5.66. The number of nitrogens with zero attached hydrogens (tertiary/aromatic N) is 1. The summed E-state index contributed by atoms with van der Waals surface area (Å²) in [5.74, 6) is 0.490. The molecule has 2 rings (SSSR count). The number of hydrogen-bond acceptors (Lipinski definition) is 4. The van der Waals surface area contributed by atoms with E-state index in [1.807, 2.05) is 0 Å². The van der Waals surface area contributed by atoms with Gasteiger partial charge in [-0.3, -0.25) is 4.79 Å². The molecule has 104 valence electrons. The molecular formula is C14H14ClN3O2. The number of nitrogens with one attached hydrogen (secondary N) is 1. The molecule has 0 aliphatic heterocycles. The van der Waals surface area contributed by atoms with Crippen LogP contribution in [-0.2, 0) is 4.79 Å². The number of aromatic nitrogens is 1. The van der Waals surface area contributed by atoms with Crippen LogP contribution in [0.2, 0.25) is 5.15 Å². The predicted octanol–water partition coefficient (Wildman–Crippen LogP) is 2.72. The fourth-order valence-corrected chi connectivity index (χ4v) is 1.65. The van der Waals surface area contributed by atoms with Gasteiger partial charge in [-0.2, -0.15) is 0 Å². The molecule has 6 heteroatoms. The van der Waals surface area contributed by atoms with Gasteiger partial charge in [0.15, 0.2) is 0 Å². The minimum absolute atomic E-state index is 0.155. The zero-order valence-corrected chi connectivity index (χ0v) is 11.4. The van der Waals surface area contributed by atoms with Crippen molar-refractivity contribution in [3.63, 3.8) is 0 Å². The topological polar surface area (TPSA) is 77.2 Å². The number of nitrogens with two attached hydrogens (primary N) is 1. The Morgan fingerprint density at radius 3 is 2.90 bits per heavy atom. The maximum absolute atomic E-state index is 11.7. The highest BCUT2D eigenvalue weighted by atomic mass is 35.5. The minimum atomic E-state index is -0.155. The van der Waals surface area contributed by atoms with Gasteiger partial charge < -0.3 is 15.8 Å². The standard InChI is InChI=1S/C14H14ClN3O2/c15-13-5-4-11(9-17-13)18-14(19)6-7-20-12-3-1-2-10(16)8-12/h1-5,8-9H,6-7,16H2,(H,18,19). The van der Waals surface area contributed by atoms with Crippen LogP contribution in [0.5, 0.6) is 5.75 Å². The fraction of sp³-hybridized carbons (Fsp3) is 0.143. The number of hydrogen-bond donors (Lipinski definition) is 2. The Hall–Kier alpha value is -2.27. The molecule has 20 heavy (non-hydrogen) atoms. The lowest BCUT2D eigenvalue weighted by Gasteiger charge is -2.07. The number of carbonyl (C=O) groups is 1. The molecule has 2 aromatic rings. The highest BCUT2D eigenvalue weighted by Crippen LogP contribution is 2.15. The van der Waals surface area contributed by atoms with Gasteiger partial charge >= 0.3 is 0 Å². The third kappa shape index (κ3) is 4.44. The lowest BCUT2D eigenvalue weighted by molar-refractivity contribution is -0.116. The van der Waals surface area contributed by atoms with Gasteiger partial charge in [-0.1, -0.05) is 17.7 Å². The van der Waals surface area contributed by atoms with Gasteiger partial charge in [-0.25, -0.2) is 4.98 Å². The molecule has 0 radical (unpaired) electrons. The van der Waals surface area contributed by atoms with Crippen LogP contribution in [0, 0.1) is 0 Å². The van der Waals surface area contributed by atoms with E-state index < -0.39 is 0 Å². The van der Waals surface area contributed by atoms with Crippen molar-refractivity contribution in [2.75, 3.05) is 17.7 Å². The number of benzene rings is 1. The number of pyridine rings is 1. The van der Waals surface area contributed by atoms with E-state index >= 15 is 0 Å². The van der Waals surface area contributed by atoms with Crippen LogP contribution < -0.4 is 15.8 Å². The average Bonchev–Trinajstić information content (AvgIpc) is 2.41. The molecule has 1 aromatic heterocycles. The second kappa shape index (κ2) is 6.77. The first-order valence-electron chi connectivity index (χ1n) is 6.03. The molecule has 0 atom stereocenters. The summed E-state index contributed by atoms with van der Waals surface area (Å²) in [6, 6.07) is 10.4. The van der Waals surface area contributed by atoms with Gasteiger partial charge in [0.25, 0.3) is 0 Å². The van der Waals surface area contributed by atoms with Crippen molar-refractivity contribution >= 4 is 28.9 Å². The highest BCUT2D eigenvalue weighted by molar-refractivity contribution is 6.29. The number of halogens is 1. The van der Waals surface area contributed by atoms with Gasteiger partial charge in [0.05, 0.1) is 24.9 Å². The summed E-state index contributed by atoms with van der Waals surface area (Å²) in [4.78, 5) is 15.6. The number of anilines is 2. The average molecular weight is 292 g/mol. The minimum Gasteiger partial charge on any atom is -0.493 e. The van der Waals surface area contributed by atoms with Gasteiger partial charge in [-0.15, -0.1) is 0 Å². The summed E-state index contributed by atoms with van der Waals surface area (Å²) in [7, 11) is 0. The van der Waals surface area contributed by atoms with Crippen molar-refractivity contribution < 1.29 is 9.53 Å².